The number of aryl methyl sites for hydroxylation is 1. The van der Waals surface area contributed by atoms with Gasteiger partial charge < -0.3 is 19.6 Å². The zero-order chi connectivity index (χ0) is 27.6. The number of carboxylic acid groups (broad SMARTS) is 1. The number of nitrogens with one attached hydrogen (secondary N) is 1. The van der Waals surface area contributed by atoms with Crippen LogP contribution in [0.5, 0.6) is 5.75 Å². The summed E-state index contributed by atoms with van der Waals surface area (Å²) in [5, 5.41) is 12.1. The molecule has 4 heterocycles. The summed E-state index contributed by atoms with van der Waals surface area (Å²) >= 11 is 0. The maximum absolute atomic E-state index is 14.0. The first kappa shape index (κ1) is 27.5. The minimum atomic E-state index is -5.08. The van der Waals surface area contributed by atoms with Gasteiger partial charge in [0.25, 0.3) is 5.56 Å². The number of carbonyl (C=O) groups is 1. The van der Waals surface area contributed by atoms with E-state index in [1.165, 1.54) is 6.07 Å². The van der Waals surface area contributed by atoms with Crippen LogP contribution < -0.4 is 10.3 Å². The second-order valence-electron chi connectivity index (χ2n) is 9.23. The van der Waals surface area contributed by atoms with E-state index >= 15 is 0 Å². The van der Waals surface area contributed by atoms with E-state index < -0.39 is 12.1 Å². The van der Waals surface area contributed by atoms with Gasteiger partial charge in [-0.2, -0.15) is 18.3 Å². The molecule has 2 fully saturated rings. The number of ether oxygens (including phenoxy) is 2. The molecule has 2 saturated heterocycles. The molecule has 2 N–H and O–H groups in total. The lowest BCUT2D eigenvalue weighted by Crippen LogP contribution is -2.54. The zero-order valence-electron chi connectivity index (χ0n) is 20.7. The fraction of sp³-hybridized carbons (Fsp3) is 0.500. The minimum absolute atomic E-state index is 0.0954. The van der Waals surface area contributed by atoms with Crippen LogP contribution in [0.3, 0.4) is 0 Å². The monoisotopic (exact) mass is 541 g/mol. The molecule has 1 aromatic carbocycles. The van der Waals surface area contributed by atoms with Crippen LogP contribution in [-0.4, -0.2) is 74.3 Å². The van der Waals surface area contributed by atoms with Gasteiger partial charge in [0, 0.05) is 26.3 Å². The SMILES string of the molecule is Cc1ccc(F)c(OC2CN(C(C)c3nc4c(cnn4C4CCOCC4)c(=O)[nH]3)C2)c1.O=C(O)C(F)(F)F. The molecule has 206 valence electrons. The zero-order valence-corrected chi connectivity index (χ0v) is 20.7. The minimum Gasteiger partial charge on any atom is -0.485 e. The van der Waals surface area contributed by atoms with E-state index in [9.17, 15) is 22.4 Å². The Morgan fingerprint density at radius 2 is 1.92 bits per heavy atom. The molecule has 0 radical (unpaired) electrons. The molecule has 0 bridgehead atoms. The van der Waals surface area contributed by atoms with Crippen LogP contribution in [0.25, 0.3) is 11.0 Å². The van der Waals surface area contributed by atoms with Crippen molar-refractivity contribution in [3.63, 3.8) is 0 Å². The number of H-pyrrole nitrogens is 1. The smallest absolute Gasteiger partial charge is 0.485 e. The molecule has 1 unspecified atom stereocenters. The first-order chi connectivity index (χ1) is 17.9. The summed E-state index contributed by atoms with van der Waals surface area (Å²) in [6.45, 7) is 6.56. The number of alkyl halides is 3. The van der Waals surface area contributed by atoms with E-state index in [1.807, 2.05) is 18.5 Å². The Labute approximate surface area is 214 Å². The number of hydrogen-bond donors (Lipinski definition) is 2. The van der Waals surface area contributed by atoms with Crippen LogP contribution >= 0.6 is 0 Å². The molecule has 0 saturated carbocycles. The van der Waals surface area contributed by atoms with Gasteiger partial charge in [-0.05, 0) is 44.4 Å². The number of halogens is 4. The normalized spacial score (nSPS) is 17.9. The average Bonchev–Trinajstić information content (AvgIpc) is 3.28. The third-order valence-corrected chi connectivity index (χ3v) is 6.46. The number of nitrogens with zero attached hydrogens (tertiary/aromatic N) is 4. The largest absolute Gasteiger partial charge is 0.490 e. The Balaban J connectivity index is 0.000000426. The Morgan fingerprint density at radius 1 is 1.26 bits per heavy atom. The van der Waals surface area contributed by atoms with E-state index in [0.29, 0.717) is 43.2 Å². The number of hydrogen-bond acceptors (Lipinski definition) is 7. The van der Waals surface area contributed by atoms with Crippen molar-refractivity contribution >= 4 is 17.0 Å². The summed E-state index contributed by atoms with van der Waals surface area (Å²) in [6.07, 6.45) is -1.87. The van der Waals surface area contributed by atoms with Crippen molar-refractivity contribution in [1.82, 2.24) is 24.6 Å². The molecule has 0 spiro atoms. The molecule has 5 rings (SSSR count). The highest BCUT2D eigenvalue weighted by molar-refractivity contribution is 5.73. The van der Waals surface area contributed by atoms with Gasteiger partial charge in [0.2, 0.25) is 0 Å². The number of fused-ring (bicyclic) bond motifs is 1. The average molecular weight is 542 g/mol. The highest BCUT2D eigenvalue weighted by Crippen LogP contribution is 2.29. The van der Waals surface area contributed by atoms with E-state index in [1.54, 1.807) is 18.3 Å². The van der Waals surface area contributed by atoms with Crippen molar-refractivity contribution in [2.24, 2.45) is 0 Å². The number of aromatic amines is 1. The number of carboxylic acids is 1. The van der Waals surface area contributed by atoms with Crippen molar-refractivity contribution in [3.05, 3.63) is 52.0 Å². The summed E-state index contributed by atoms with van der Waals surface area (Å²) in [5.41, 5.74) is 1.39. The summed E-state index contributed by atoms with van der Waals surface area (Å²) in [4.78, 5) is 31.4. The van der Waals surface area contributed by atoms with Crippen molar-refractivity contribution in [2.45, 2.75) is 51.1 Å². The molecular formula is C24H27F4N5O5. The van der Waals surface area contributed by atoms with Gasteiger partial charge in [-0.1, -0.05) is 6.07 Å². The Bertz CT molecular complexity index is 1350. The number of aromatic nitrogens is 4. The van der Waals surface area contributed by atoms with E-state index in [0.717, 1.165) is 18.4 Å². The Morgan fingerprint density at radius 3 is 2.55 bits per heavy atom. The summed E-state index contributed by atoms with van der Waals surface area (Å²) in [5.74, 6) is -2.22. The van der Waals surface area contributed by atoms with Gasteiger partial charge in [0.1, 0.15) is 17.3 Å². The molecule has 14 heteroatoms. The molecule has 2 aliphatic heterocycles. The van der Waals surface area contributed by atoms with Crippen LogP contribution in [-0.2, 0) is 9.53 Å². The Kier molecular flexibility index (Phi) is 8.02. The third kappa shape index (κ3) is 6.13. The standard InChI is InChI=1S/C22H26FN5O3.C2HF3O2/c1-13-3-4-18(23)19(9-13)31-16-11-27(12-16)14(2)20-25-21-17(22(29)26-20)10-24-28(21)15-5-7-30-8-6-15;3-2(4,5)1(6)7/h3-4,9-10,14-16H,5-8,11-12H2,1-2H3,(H,25,26,29);(H,6,7). The van der Waals surface area contributed by atoms with Gasteiger partial charge in [0.05, 0.1) is 18.3 Å². The molecule has 3 aromatic rings. The number of rotatable bonds is 5. The number of likely N-dealkylation sites (tertiary alicyclic amines) is 1. The van der Waals surface area contributed by atoms with E-state index in [4.69, 9.17) is 24.4 Å². The predicted molar refractivity (Wildman–Crippen MR) is 126 cm³/mol. The fourth-order valence-electron chi connectivity index (χ4n) is 4.26. The lowest BCUT2D eigenvalue weighted by molar-refractivity contribution is -0.192. The highest BCUT2D eigenvalue weighted by Gasteiger charge is 2.38. The summed E-state index contributed by atoms with van der Waals surface area (Å²) in [7, 11) is 0. The summed E-state index contributed by atoms with van der Waals surface area (Å²) < 4.78 is 58.8. The van der Waals surface area contributed by atoms with Crippen molar-refractivity contribution in [2.75, 3.05) is 26.3 Å². The topological polar surface area (TPSA) is 123 Å². The van der Waals surface area contributed by atoms with Crippen LogP contribution in [0.1, 0.15) is 43.2 Å². The molecule has 0 aliphatic carbocycles. The molecule has 2 aromatic heterocycles. The first-order valence-electron chi connectivity index (χ1n) is 12.0. The van der Waals surface area contributed by atoms with Gasteiger partial charge in [-0.3, -0.25) is 9.69 Å². The molecule has 2 aliphatic rings. The van der Waals surface area contributed by atoms with Gasteiger partial charge in [0.15, 0.2) is 17.2 Å². The second kappa shape index (κ2) is 11.1. The van der Waals surface area contributed by atoms with Gasteiger partial charge in [-0.15, -0.1) is 0 Å². The Hall–Kier alpha value is -3.52. The fourth-order valence-corrected chi connectivity index (χ4v) is 4.26. The predicted octanol–water partition coefficient (Wildman–Crippen LogP) is 3.38. The number of benzene rings is 1. The van der Waals surface area contributed by atoms with Crippen LogP contribution in [0.4, 0.5) is 17.6 Å². The van der Waals surface area contributed by atoms with Crippen molar-refractivity contribution in [3.8, 4) is 5.75 Å². The quantitative estimate of drug-likeness (QED) is 0.472. The maximum atomic E-state index is 14.0. The lowest BCUT2D eigenvalue weighted by atomic mass is 10.1. The van der Waals surface area contributed by atoms with Crippen LogP contribution in [0.15, 0.2) is 29.2 Å². The first-order valence-corrected chi connectivity index (χ1v) is 12.0. The summed E-state index contributed by atoms with van der Waals surface area (Å²) in [6, 6.07) is 4.95. The second-order valence-corrected chi connectivity index (χ2v) is 9.23. The third-order valence-electron chi connectivity index (χ3n) is 6.46. The molecule has 38 heavy (non-hydrogen) atoms. The lowest BCUT2D eigenvalue weighted by Gasteiger charge is -2.42. The number of aliphatic carboxylic acids is 1. The van der Waals surface area contributed by atoms with E-state index in [-0.39, 0.29) is 35.3 Å². The van der Waals surface area contributed by atoms with Crippen molar-refractivity contribution in [1.29, 1.82) is 0 Å². The molecule has 0 amide bonds. The van der Waals surface area contributed by atoms with Crippen molar-refractivity contribution < 1.29 is 36.9 Å². The molecular weight excluding hydrogens is 514 g/mol. The van der Waals surface area contributed by atoms with Crippen LogP contribution in [0, 0.1) is 12.7 Å². The van der Waals surface area contributed by atoms with Crippen LogP contribution in [0.2, 0.25) is 0 Å². The van der Waals surface area contributed by atoms with Gasteiger partial charge in [-0.25, -0.2) is 18.9 Å². The molecule has 1 atom stereocenters. The van der Waals surface area contributed by atoms with Gasteiger partial charge >= 0.3 is 12.1 Å². The maximum Gasteiger partial charge on any atom is 0.490 e. The highest BCUT2D eigenvalue weighted by atomic mass is 19.4. The molecule has 10 nitrogen and oxygen atoms in total. The van der Waals surface area contributed by atoms with E-state index in [2.05, 4.69) is 15.0 Å².